The topological polar surface area (TPSA) is 59.1 Å². The summed E-state index contributed by atoms with van der Waals surface area (Å²) in [6.45, 7) is 15.7. The summed E-state index contributed by atoms with van der Waals surface area (Å²) in [5, 5.41) is 0. The lowest BCUT2D eigenvalue weighted by Gasteiger charge is -2.34. The van der Waals surface area contributed by atoms with Gasteiger partial charge in [0.15, 0.2) is 0 Å². The second kappa shape index (κ2) is 19.8. The predicted octanol–water partition coefficient (Wildman–Crippen LogP) is 7.59. The van der Waals surface area contributed by atoms with Crippen molar-refractivity contribution in [3.05, 3.63) is 0 Å². The molecule has 36 heavy (non-hydrogen) atoms. The molecule has 0 unspecified atom stereocenters. The second-order valence-corrected chi connectivity index (χ2v) is 11.7. The van der Waals surface area contributed by atoms with E-state index in [1.165, 1.54) is 51.4 Å². The number of carbonyl (C=O) groups excluding carboxylic acids is 2. The van der Waals surface area contributed by atoms with Crippen LogP contribution in [-0.4, -0.2) is 66.8 Å². The summed E-state index contributed by atoms with van der Waals surface area (Å²) < 4.78 is 10.8. The normalized spacial score (nSPS) is 14.9. The van der Waals surface area contributed by atoms with E-state index in [0.717, 1.165) is 71.2 Å². The van der Waals surface area contributed by atoms with Crippen molar-refractivity contribution in [1.29, 1.82) is 0 Å². The minimum atomic E-state index is -0.434. The molecule has 0 spiro atoms. The maximum Gasteiger partial charge on any atom is 0.410 e. The third kappa shape index (κ3) is 17.2. The Bertz CT molecular complexity index is 568. The van der Waals surface area contributed by atoms with Gasteiger partial charge in [0.05, 0.1) is 6.61 Å². The molecule has 212 valence electrons. The molecule has 1 amide bonds. The van der Waals surface area contributed by atoms with E-state index < -0.39 is 5.60 Å². The van der Waals surface area contributed by atoms with Gasteiger partial charge in [-0.3, -0.25) is 4.79 Å². The van der Waals surface area contributed by atoms with Gasteiger partial charge in [-0.1, -0.05) is 58.8 Å². The first-order valence-corrected chi connectivity index (χ1v) is 15.1. The minimum absolute atomic E-state index is 0.0428. The molecule has 1 aliphatic heterocycles. The highest BCUT2D eigenvalue weighted by Crippen LogP contribution is 2.23. The van der Waals surface area contributed by atoms with Gasteiger partial charge >= 0.3 is 12.1 Å². The number of amides is 1. The number of ether oxygens (including phenoxy) is 2. The summed E-state index contributed by atoms with van der Waals surface area (Å²) in [6.07, 6.45) is 17.0. The van der Waals surface area contributed by atoms with Crippen molar-refractivity contribution in [3.8, 4) is 0 Å². The summed E-state index contributed by atoms with van der Waals surface area (Å²) in [5.41, 5.74) is -0.434. The number of likely N-dealkylation sites (tertiary alicyclic amines) is 1. The van der Waals surface area contributed by atoms with Gasteiger partial charge in [0.1, 0.15) is 5.60 Å². The van der Waals surface area contributed by atoms with Gasteiger partial charge in [-0.05, 0) is 91.3 Å². The maximum atomic E-state index is 12.3. The first-order chi connectivity index (χ1) is 17.2. The van der Waals surface area contributed by atoms with E-state index in [-0.39, 0.29) is 12.1 Å². The standard InChI is InChI=1S/C30H58N2O4/c1-6-8-10-11-12-13-15-21-31(22-16-14-17-28(33)35-26-9-7-2)23-18-27-19-24-32(25-20-27)29(34)36-30(3,4)5/h27H,6-26H2,1-5H3. The Hall–Kier alpha value is -1.30. The van der Waals surface area contributed by atoms with Gasteiger partial charge < -0.3 is 19.3 Å². The summed E-state index contributed by atoms with van der Waals surface area (Å²) in [6, 6.07) is 0. The van der Waals surface area contributed by atoms with E-state index in [9.17, 15) is 9.59 Å². The number of hydrogen-bond acceptors (Lipinski definition) is 5. The average molecular weight is 511 g/mol. The highest BCUT2D eigenvalue weighted by atomic mass is 16.6. The van der Waals surface area contributed by atoms with Gasteiger partial charge in [0, 0.05) is 19.5 Å². The highest BCUT2D eigenvalue weighted by Gasteiger charge is 2.27. The van der Waals surface area contributed by atoms with Gasteiger partial charge in [0.2, 0.25) is 0 Å². The van der Waals surface area contributed by atoms with Crippen molar-refractivity contribution in [2.24, 2.45) is 5.92 Å². The van der Waals surface area contributed by atoms with Crippen molar-refractivity contribution in [3.63, 3.8) is 0 Å². The van der Waals surface area contributed by atoms with E-state index in [1.807, 2.05) is 25.7 Å². The first-order valence-electron chi connectivity index (χ1n) is 15.1. The molecule has 0 aromatic rings. The Morgan fingerprint density at radius 1 is 0.806 bits per heavy atom. The van der Waals surface area contributed by atoms with Crippen LogP contribution in [0.4, 0.5) is 4.79 Å². The molecule has 1 saturated heterocycles. The molecule has 1 rings (SSSR count). The third-order valence-electron chi connectivity index (χ3n) is 7.06. The first kappa shape index (κ1) is 32.7. The molecule has 0 atom stereocenters. The molecule has 0 aliphatic carbocycles. The number of carbonyl (C=O) groups is 2. The molecule has 0 bridgehead atoms. The zero-order valence-electron chi connectivity index (χ0n) is 24.5. The second-order valence-electron chi connectivity index (χ2n) is 11.7. The van der Waals surface area contributed by atoms with Crippen LogP contribution in [0, 0.1) is 5.92 Å². The fourth-order valence-corrected chi connectivity index (χ4v) is 4.73. The van der Waals surface area contributed by atoms with Crippen LogP contribution < -0.4 is 0 Å². The van der Waals surface area contributed by atoms with Crippen LogP contribution in [-0.2, 0) is 14.3 Å². The lowest BCUT2D eigenvalue weighted by molar-refractivity contribution is -0.143. The Labute approximate surface area is 222 Å². The molecule has 1 heterocycles. The van der Waals surface area contributed by atoms with Gasteiger partial charge in [-0.15, -0.1) is 0 Å². The summed E-state index contributed by atoms with van der Waals surface area (Å²) in [5.74, 6) is 0.632. The van der Waals surface area contributed by atoms with E-state index in [0.29, 0.717) is 18.9 Å². The van der Waals surface area contributed by atoms with Crippen LogP contribution in [0.15, 0.2) is 0 Å². The number of piperidine rings is 1. The van der Waals surface area contributed by atoms with E-state index in [2.05, 4.69) is 18.7 Å². The van der Waals surface area contributed by atoms with Crippen molar-refractivity contribution >= 4 is 12.1 Å². The van der Waals surface area contributed by atoms with Crippen LogP contribution in [0.2, 0.25) is 0 Å². The Morgan fingerprint density at radius 3 is 2.00 bits per heavy atom. The molecule has 0 aromatic carbocycles. The van der Waals surface area contributed by atoms with Crippen LogP contribution in [0.5, 0.6) is 0 Å². The molecular formula is C30H58N2O4. The quantitative estimate of drug-likeness (QED) is 0.132. The minimum Gasteiger partial charge on any atom is -0.466 e. The molecule has 1 fully saturated rings. The number of esters is 1. The van der Waals surface area contributed by atoms with Crippen LogP contribution >= 0.6 is 0 Å². The Balaban J connectivity index is 2.36. The molecular weight excluding hydrogens is 452 g/mol. The summed E-state index contributed by atoms with van der Waals surface area (Å²) >= 11 is 0. The zero-order valence-corrected chi connectivity index (χ0v) is 24.5. The SMILES string of the molecule is CCCCCCCCCN(CCCCC(=O)OCCCC)CCC1CCN(C(=O)OC(C)(C)C)CC1. The van der Waals surface area contributed by atoms with Gasteiger partial charge in [-0.25, -0.2) is 4.79 Å². The third-order valence-corrected chi connectivity index (χ3v) is 7.06. The monoisotopic (exact) mass is 510 g/mol. The fraction of sp³-hybridized carbons (Fsp3) is 0.933. The van der Waals surface area contributed by atoms with E-state index in [4.69, 9.17) is 9.47 Å². The van der Waals surface area contributed by atoms with Crippen LogP contribution in [0.3, 0.4) is 0 Å². The van der Waals surface area contributed by atoms with Crippen molar-refractivity contribution in [2.75, 3.05) is 39.3 Å². The Kier molecular flexibility index (Phi) is 18.0. The largest absolute Gasteiger partial charge is 0.466 e. The van der Waals surface area contributed by atoms with E-state index >= 15 is 0 Å². The molecule has 0 saturated carbocycles. The molecule has 0 radical (unpaired) electrons. The van der Waals surface area contributed by atoms with Crippen molar-refractivity contribution in [2.45, 2.75) is 137 Å². The van der Waals surface area contributed by atoms with Crippen molar-refractivity contribution < 1.29 is 19.1 Å². The average Bonchev–Trinajstić information content (AvgIpc) is 2.83. The van der Waals surface area contributed by atoms with Crippen LogP contribution in [0.25, 0.3) is 0 Å². The zero-order chi connectivity index (χ0) is 26.7. The van der Waals surface area contributed by atoms with Crippen LogP contribution in [0.1, 0.15) is 131 Å². The van der Waals surface area contributed by atoms with Gasteiger partial charge in [0.25, 0.3) is 0 Å². The number of unbranched alkanes of at least 4 members (excludes halogenated alkanes) is 8. The summed E-state index contributed by atoms with van der Waals surface area (Å²) in [7, 11) is 0. The molecule has 1 aliphatic rings. The maximum absolute atomic E-state index is 12.3. The highest BCUT2D eigenvalue weighted by molar-refractivity contribution is 5.69. The molecule has 0 N–H and O–H groups in total. The molecule has 6 nitrogen and oxygen atoms in total. The fourth-order valence-electron chi connectivity index (χ4n) is 4.73. The lowest BCUT2D eigenvalue weighted by Crippen LogP contribution is -2.42. The summed E-state index contributed by atoms with van der Waals surface area (Å²) in [4.78, 5) is 28.7. The molecule has 6 heteroatoms. The van der Waals surface area contributed by atoms with Crippen molar-refractivity contribution in [1.82, 2.24) is 9.80 Å². The Morgan fingerprint density at radius 2 is 1.39 bits per heavy atom. The predicted molar refractivity (Wildman–Crippen MR) is 149 cm³/mol. The molecule has 0 aromatic heterocycles. The van der Waals surface area contributed by atoms with E-state index in [1.54, 1.807) is 0 Å². The number of hydrogen-bond donors (Lipinski definition) is 0. The smallest absolute Gasteiger partial charge is 0.410 e. The van der Waals surface area contributed by atoms with Gasteiger partial charge in [-0.2, -0.15) is 0 Å². The lowest BCUT2D eigenvalue weighted by atomic mass is 9.93. The number of rotatable bonds is 19. The number of nitrogens with zero attached hydrogens (tertiary/aromatic N) is 2.